The standard InChI is InChI=1S/C31H32ClFN4O3/c32-23-7-5-22(26(33)16-23)17-34-27-4-2-1-3-25(27)20-9-12-36(13-10-20)19-30-35-28-8-6-21(31(38)39)15-29(28)37(30)18-24-11-14-40-24/h1-8,15-16,20,24,34H,9-14,17-19H2,(H,38,39)/t24-/m0/s1. The number of imidazole rings is 1. The van der Waals surface area contributed by atoms with Crippen LogP contribution in [0.3, 0.4) is 0 Å². The number of para-hydroxylation sites is 1. The van der Waals surface area contributed by atoms with Crippen molar-refractivity contribution in [2.45, 2.75) is 50.9 Å². The number of piperidine rings is 1. The first-order valence-electron chi connectivity index (χ1n) is 13.8. The van der Waals surface area contributed by atoms with Gasteiger partial charge < -0.3 is 19.7 Å². The molecule has 0 amide bonds. The van der Waals surface area contributed by atoms with Crippen molar-refractivity contribution in [3.8, 4) is 0 Å². The number of benzene rings is 3. The molecule has 40 heavy (non-hydrogen) atoms. The van der Waals surface area contributed by atoms with E-state index in [0.717, 1.165) is 61.5 Å². The van der Waals surface area contributed by atoms with Gasteiger partial charge in [0.1, 0.15) is 11.6 Å². The summed E-state index contributed by atoms with van der Waals surface area (Å²) in [7, 11) is 0. The maximum atomic E-state index is 14.3. The lowest BCUT2D eigenvalue weighted by Crippen LogP contribution is -2.35. The van der Waals surface area contributed by atoms with Gasteiger partial charge >= 0.3 is 5.97 Å². The minimum atomic E-state index is -0.939. The van der Waals surface area contributed by atoms with E-state index in [0.29, 0.717) is 36.1 Å². The molecule has 2 aliphatic rings. The molecule has 2 fully saturated rings. The quantitative estimate of drug-likeness (QED) is 0.249. The number of carboxylic acids is 1. The predicted molar refractivity (Wildman–Crippen MR) is 153 cm³/mol. The zero-order valence-corrected chi connectivity index (χ0v) is 22.9. The largest absolute Gasteiger partial charge is 0.478 e. The van der Waals surface area contributed by atoms with Crippen LogP contribution in [0.25, 0.3) is 11.0 Å². The molecule has 0 saturated carbocycles. The molecule has 2 saturated heterocycles. The molecule has 4 aromatic rings. The second kappa shape index (κ2) is 11.6. The van der Waals surface area contributed by atoms with Gasteiger partial charge in [-0.15, -0.1) is 0 Å². The number of anilines is 1. The summed E-state index contributed by atoms with van der Waals surface area (Å²) in [6.45, 7) is 4.39. The highest BCUT2D eigenvalue weighted by atomic mass is 35.5. The number of hydrogen-bond donors (Lipinski definition) is 2. The molecule has 0 aliphatic carbocycles. The first kappa shape index (κ1) is 26.7. The highest BCUT2D eigenvalue weighted by molar-refractivity contribution is 6.30. The molecule has 6 rings (SSSR count). The number of aromatic carboxylic acids is 1. The maximum Gasteiger partial charge on any atom is 0.335 e. The highest BCUT2D eigenvalue weighted by Crippen LogP contribution is 2.34. The van der Waals surface area contributed by atoms with Crippen molar-refractivity contribution >= 4 is 34.3 Å². The average Bonchev–Trinajstić information content (AvgIpc) is 3.26. The smallest absolute Gasteiger partial charge is 0.335 e. The van der Waals surface area contributed by atoms with Crippen LogP contribution in [0.1, 0.15) is 52.5 Å². The highest BCUT2D eigenvalue weighted by Gasteiger charge is 2.26. The summed E-state index contributed by atoms with van der Waals surface area (Å²) < 4.78 is 22.1. The summed E-state index contributed by atoms with van der Waals surface area (Å²) in [6.07, 6.45) is 3.15. The van der Waals surface area contributed by atoms with Gasteiger partial charge in [0.2, 0.25) is 0 Å². The minimum absolute atomic E-state index is 0.140. The summed E-state index contributed by atoms with van der Waals surface area (Å²) in [5.41, 5.74) is 4.80. The maximum absolute atomic E-state index is 14.3. The van der Waals surface area contributed by atoms with E-state index in [1.165, 1.54) is 11.6 Å². The minimum Gasteiger partial charge on any atom is -0.478 e. The molecule has 0 bridgehead atoms. The van der Waals surface area contributed by atoms with Crippen LogP contribution in [0, 0.1) is 5.82 Å². The molecule has 208 valence electrons. The van der Waals surface area contributed by atoms with E-state index in [1.807, 2.05) is 6.07 Å². The van der Waals surface area contributed by atoms with Crippen LogP contribution in [-0.2, 0) is 24.4 Å². The number of carbonyl (C=O) groups is 1. The number of hydrogen-bond acceptors (Lipinski definition) is 5. The lowest BCUT2D eigenvalue weighted by atomic mass is 9.88. The lowest BCUT2D eigenvalue weighted by Gasteiger charge is -2.33. The summed E-state index contributed by atoms with van der Waals surface area (Å²) in [5.74, 6) is 0.0972. The molecule has 3 aromatic carbocycles. The van der Waals surface area contributed by atoms with Crippen LogP contribution in [0.15, 0.2) is 60.7 Å². The Hall–Kier alpha value is -3.46. The van der Waals surface area contributed by atoms with E-state index >= 15 is 0 Å². The molecular weight excluding hydrogens is 531 g/mol. The molecule has 0 spiro atoms. The molecule has 7 nitrogen and oxygen atoms in total. The van der Waals surface area contributed by atoms with E-state index in [-0.39, 0.29) is 17.5 Å². The van der Waals surface area contributed by atoms with Gasteiger partial charge in [-0.1, -0.05) is 35.9 Å². The number of ether oxygens (including phenoxy) is 1. The summed E-state index contributed by atoms with van der Waals surface area (Å²) in [6, 6.07) is 18.2. The van der Waals surface area contributed by atoms with Crippen molar-refractivity contribution in [1.82, 2.24) is 14.5 Å². The first-order chi connectivity index (χ1) is 19.4. The Kier molecular flexibility index (Phi) is 7.74. The summed E-state index contributed by atoms with van der Waals surface area (Å²) >= 11 is 5.91. The van der Waals surface area contributed by atoms with Gasteiger partial charge in [-0.25, -0.2) is 14.2 Å². The van der Waals surface area contributed by atoms with E-state index in [9.17, 15) is 14.3 Å². The van der Waals surface area contributed by atoms with Crippen molar-refractivity contribution in [3.05, 3.63) is 94.0 Å². The number of likely N-dealkylation sites (tertiary alicyclic amines) is 1. The number of rotatable bonds is 9. The van der Waals surface area contributed by atoms with Gasteiger partial charge in [0, 0.05) is 29.4 Å². The van der Waals surface area contributed by atoms with Gasteiger partial charge in [0.15, 0.2) is 0 Å². The van der Waals surface area contributed by atoms with Crippen molar-refractivity contribution in [3.63, 3.8) is 0 Å². The van der Waals surface area contributed by atoms with Crippen molar-refractivity contribution in [2.75, 3.05) is 25.0 Å². The van der Waals surface area contributed by atoms with Gasteiger partial charge in [0.05, 0.1) is 35.8 Å². The average molecular weight is 563 g/mol. The molecule has 9 heteroatoms. The lowest BCUT2D eigenvalue weighted by molar-refractivity contribution is -0.0592. The van der Waals surface area contributed by atoms with Crippen LogP contribution in [0.2, 0.25) is 5.02 Å². The number of nitrogens with zero attached hydrogens (tertiary/aromatic N) is 3. The Labute approximate surface area is 237 Å². The Balaban J connectivity index is 1.14. The van der Waals surface area contributed by atoms with Gasteiger partial charge in [0.25, 0.3) is 0 Å². The third kappa shape index (κ3) is 5.70. The fraction of sp³-hybridized carbons (Fsp3) is 0.355. The Bertz CT molecular complexity index is 1530. The third-order valence-corrected chi connectivity index (χ3v) is 8.33. The van der Waals surface area contributed by atoms with E-state index in [4.69, 9.17) is 21.3 Å². The molecular formula is C31H32ClFN4O3. The molecule has 1 aromatic heterocycles. The van der Waals surface area contributed by atoms with E-state index in [1.54, 1.807) is 30.3 Å². The number of carboxylic acid groups (broad SMARTS) is 1. The predicted octanol–water partition coefficient (Wildman–Crippen LogP) is 6.31. The molecule has 2 N–H and O–H groups in total. The second-order valence-electron chi connectivity index (χ2n) is 10.7. The second-order valence-corrected chi connectivity index (χ2v) is 11.1. The number of fused-ring (bicyclic) bond motifs is 1. The molecule has 0 radical (unpaired) electrons. The SMILES string of the molecule is O=C(O)c1ccc2nc(CN3CCC(c4ccccc4NCc4ccc(Cl)cc4F)CC3)n(C[C@@H]3CCO3)c2c1. The van der Waals surface area contributed by atoms with Gasteiger partial charge in [-0.2, -0.15) is 0 Å². The fourth-order valence-corrected chi connectivity index (χ4v) is 5.89. The molecule has 3 heterocycles. The summed E-state index contributed by atoms with van der Waals surface area (Å²) in [5, 5.41) is 13.3. The first-order valence-corrected chi connectivity index (χ1v) is 14.2. The molecule has 1 atom stereocenters. The molecule has 0 unspecified atom stereocenters. The zero-order valence-electron chi connectivity index (χ0n) is 22.2. The molecule has 2 aliphatic heterocycles. The number of nitrogens with one attached hydrogen (secondary N) is 1. The van der Waals surface area contributed by atoms with Crippen LogP contribution in [0.4, 0.5) is 10.1 Å². The van der Waals surface area contributed by atoms with Crippen molar-refractivity contribution in [2.24, 2.45) is 0 Å². The van der Waals surface area contributed by atoms with Gasteiger partial charge in [-0.05, 0) is 80.2 Å². The number of halogens is 2. The Morgan fingerprint density at radius 2 is 1.90 bits per heavy atom. The zero-order chi connectivity index (χ0) is 27.6. The number of aromatic nitrogens is 2. The van der Waals surface area contributed by atoms with Crippen molar-refractivity contribution < 1.29 is 19.0 Å². The van der Waals surface area contributed by atoms with E-state index < -0.39 is 5.97 Å². The Morgan fingerprint density at radius 1 is 1.10 bits per heavy atom. The normalized spacial score (nSPS) is 18.1. The monoisotopic (exact) mass is 562 g/mol. The van der Waals surface area contributed by atoms with Crippen LogP contribution in [-0.4, -0.2) is 51.3 Å². The van der Waals surface area contributed by atoms with Crippen molar-refractivity contribution in [1.29, 1.82) is 0 Å². The van der Waals surface area contributed by atoms with E-state index in [2.05, 4.69) is 33.0 Å². The van der Waals surface area contributed by atoms with Crippen LogP contribution >= 0.6 is 11.6 Å². The fourth-order valence-electron chi connectivity index (χ4n) is 5.73. The topological polar surface area (TPSA) is 79.6 Å². The third-order valence-electron chi connectivity index (χ3n) is 8.09. The Morgan fingerprint density at radius 3 is 2.62 bits per heavy atom. The van der Waals surface area contributed by atoms with Crippen LogP contribution in [0.5, 0.6) is 0 Å². The summed E-state index contributed by atoms with van der Waals surface area (Å²) in [4.78, 5) is 18.9. The van der Waals surface area contributed by atoms with Gasteiger partial charge in [-0.3, -0.25) is 4.90 Å². The van der Waals surface area contributed by atoms with Crippen LogP contribution < -0.4 is 5.32 Å².